The van der Waals surface area contributed by atoms with Gasteiger partial charge in [0, 0.05) is 13.8 Å². The molecule has 0 aliphatic carbocycles. The molecule has 7 heteroatoms. The van der Waals surface area contributed by atoms with Crippen molar-refractivity contribution in [3.8, 4) is 11.5 Å². The van der Waals surface area contributed by atoms with Crippen LogP contribution >= 0.6 is 0 Å². The van der Waals surface area contributed by atoms with Crippen LogP contribution in [0, 0.1) is 0 Å². The summed E-state index contributed by atoms with van der Waals surface area (Å²) < 4.78 is 14.9. The Morgan fingerprint density at radius 2 is 1.82 bits per heavy atom. The summed E-state index contributed by atoms with van der Waals surface area (Å²) in [5.74, 6) is -1.33. The molecule has 1 atom stereocenters. The molecule has 1 saturated heterocycles. The highest BCUT2D eigenvalue weighted by molar-refractivity contribution is 5.94. The number of esters is 3. The standard InChI is InChI=1S/C15H15NO6/c1-8-16-12(15(19)20-8)6-11-4-5-13(21-9(2)17)14(7-11)22-10(3)18/h4-8,16H,1-3H3/b12-6-. The van der Waals surface area contributed by atoms with E-state index in [-0.39, 0.29) is 11.5 Å². The van der Waals surface area contributed by atoms with Gasteiger partial charge in [-0.25, -0.2) is 4.79 Å². The van der Waals surface area contributed by atoms with Crippen molar-refractivity contribution in [2.75, 3.05) is 0 Å². The van der Waals surface area contributed by atoms with Crippen LogP contribution in [0.1, 0.15) is 26.3 Å². The fourth-order valence-corrected chi connectivity index (χ4v) is 1.89. The zero-order chi connectivity index (χ0) is 16.3. The summed E-state index contributed by atoms with van der Waals surface area (Å²) in [6.07, 6.45) is 1.16. The van der Waals surface area contributed by atoms with Crippen LogP contribution < -0.4 is 14.8 Å². The summed E-state index contributed by atoms with van der Waals surface area (Å²) in [4.78, 5) is 33.7. The molecule has 0 amide bonds. The highest BCUT2D eigenvalue weighted by Gasteiger charge is 2.24. The maximum atomic E-state index is 11.6. The van der Waals surface area contributed by atoms with E-state index in [4.69, 9.17) is 14.2 Å². The zero-order valence-electron chi connectivity index (χ0n) is 12.3. The molecule has 1 unspecified atom stereocenters. The van der Waals surface area contributed by atoms with Gasteiger partial charge in [-0.3, -0.25) is 9.59 Å². The molecule has 1 aliphatic rings. The van der Waals surface area contributed by atoms with Crippen LogP contribution in [0.4, 0.5) is 0 Å². The van der Waals surface area contributed by atoms with E-state index in [0.717, 1.165) is 0 Å². The Kier molecular flexibility index (Phi) is 4.45. The summed E-state index contributed by atoms with van der Waals surface area (Å²) in [5, 5.41) is 2.86. The van der Waals surface area contributed by atoms with Crippen molar-refractivity contribution in [1.82, 2.24) is 5.32 Å². The van der Waals surface area contributed by atoms with Crippen molar-refractivity contribution < 1.29 is 28.6 Å². The summed E-state index contributed by atoms with van der Waals surface area (Å²) in [6.45, 7) is 4.18. The molecule has 1 aromatic rings. The third-order valence-corrected chi connectivity index (χ3v) is 2.65. The molecular weight excluding hydrogens is 290 g/mol. The van der Waals surface area contributed by atoms with Crippen molar-refractivity contribution in [3.05, 3.63) is 29.5 Å². The first-order valence-corrected chi connectivity index (χ1v) is 6.55. The van der Waals surface area contributed by atoms with Crippen LogP contribution in [0.3, 0.4) is 0 Å². The van der Waals surface area contributed by atoms with Crippen LogP contribution in [0.2, 0.25) is 0 Å². The zero-order valence-corrected chi connectivity index (χ0v) is 12.3. The molecular formula is C15H15NO6. The van der Waals surface area contributed by atoms with Gasteiger partial charge in [-0.2, -0.15) is 0 Å². The molecule has 7 nitrogen and oxygen atoms in total. The smallest absolute Gasteiger partial charge is 0.356 e. The normalized spacial score (nSPS) is 18.6. The van der Waals surface area contributed by atoms with Gasteiger partial charge in [0.05, 0.1) is 0 Å². The summed E-state index contributed by atoms with van der Waals surface area (Å²) in [7, 11) is 0. The molecule has 22 heavy (non-hydrogen) atoms. The first kappa shape index (κ1) is 15.6. The number of ether oxygens (including phenoxy) is 3. The molecule has 116 valence electrons. The van der Waals surface area contributed by atoms with Crippen LogP contribution in [0.25, 0.3) is 6.08 Å². The van der Waals surface area contributed by atoms with Gasteiger partial charge in [-0.1, -0.05) is 6.07 Å². The molecule has 1 aliphatic heterocycles. The minimum atomic E-state index is -0.551. The molecule has 1 N–H and O–H groups in total. The summed E-state index contributed by atoms with van der Waals surface area (Å²) in [5.41, 5.74) is 0.877. The number of rotatable bonds is 3. The SMILES string of the molecule is CC(=O)Oc1ccc(/C=C2\NC(C)OC2=O)cc1OC(C)=O. The predicted molar refractivity (Wildman–Crippen MR) is 75.7 cm³/mol. The number of nitrogens with one attached hydrogen (secondary N) is 1. The Hall–Kier alpha value is -2.83. The van der Waals surface area contributed by atoms with E-state index in [1.807, 2.05) is 0 Å². The molecule has 1 fully saturated rings. The largest absolute Gasteiger partial charge is 0.437 e. The van der Waals surface area contributed by atoms with Gasteiger partial charge < -0.3 is 19.5 Å². The average molecular weight is 305 g/mol. The molecule has 0 aromatic heterocycles. The number of benzene rings is 1. The van der Waals surface area contributed by atoms with E-state index < -0.39 is 24.1 Å². The Labute approximate surface area is 126 Å². The molecule has 0 spiro atoms. The van der Waals surface area contributed by atoms with Crippen LogP contribution in [0.5, 0.6) is 11.5 Å². The maximum absolute atomic E-state index is 11.6. The molecule has 0 saturated carbocycles. The Morgan fingerprint density at radius 3 is 2.36 bits per heavy atom. The van der Waals surface area contributed by atoms with Crippen molar-refractivity contribution in [1.29, 1.82) is 0 Å². The number of hydrogen-bond acceptors (Lipinski definition) is 7. The monoisotopic (exact) mass is 305 g/mol. The van der Waals surface area contributed by atoms with E-state index in [0.29, 0.717) is 11.3 Å². The van der Waals surface area contributed by atoms with E-state index >= 15 is 0 Å². The predicted octanol–water partition coefficient (Wildman–Crippen LogP) is 1.37. The lowest BCUT2D eigenvalue weighted by molar-refractivity contribution is -0.138. The van der Waals surface area contributed by atoms with Gasteiger partial charge in [0.25, 0.3) is 0 Å². The fourth-order valence-electron chi connectivity index (χ4n) is 1.89. The second-order valence-electron chi connectivity index (χ2n) is 4.64. The van der Waals surface area contributed by atoms with Crippen LogP contribution in [-0.2, 0) is 19.1 Å². The Balaban J connectivity index is 2.33. The van der Waals surface area contributed by atoms with Crippen molar-refractivity contribution in [3.63, 3.8) is 0 Å². The van der Waals surface area contributed by atoms with E-state index in [2.05, 4.69) is 5.32 Å². The first-order chi connectivity index (χ1) is 10.3. The highest BCUT2D eigenvalue weighted by atomic mass is 16.6. The lowest BCUT2D eigenvalue weighted by atomic mass is 10.1. The fraction of sp³-hybridized carbons (Fsp3) is 0.267. The van der Waals surface area contributed by atoms with Crippen molar-refractivity contribution in [2.45, 2.75) is 27.0 Å². The van der Waals surface area contributed by atoms with Crippen molar-refractivity contribution >= 4 is 24.0 Å². The number of cyclic esters (lactones) is 1. The third-order valence-electron chi connectivity index (χ3n) is 2.65. The number of hydrogen-bond donors (Lipinski definition) is 1. The highest BCUT2D eigenvalue weighted by Crippen LogP contribution is 2.30. The Bertz CT molecular complexity index is 664. The lowest BCUT2D eigenvalue weighted by Crippen LogP contribution is -2.16. The molecule has 0 radical (unpaired) electrons. The van der Waals surface area contributed by atoms with E-state index in [1.165, 1.54) is 26.0 Å². The van der Waals surface area contributed by atoms with Gasteiger partial charge in [-0.15, -0.1) is 0 Å². The van der Waals surface area contributed by atoms with Crippen molar-refractivity contribution in [2.24, 2.45) is 0 Å². The Morgan fingerprint density at radius 1 is 1.18 bits per heavy atom. The second kappa shape index (κ2) is 6.30. The van der Waals surface area contributed by atoms with Gasteiger partial charge >= 0.3 is 17.9 Å². The quantitative estimate of drug-likeness (QED) is 0.512. The topological polar surface area (TPSA) is 90.9 Å². The minimum Gasteiger partial charge on any atom is -0.437 e. The molecule has 0 bridgehead atoms. The van der Waals surface area contributed by atoms with Gasteiger partial charge in [0.2, 0.25) is 0 Å². The van der Waals surface area contributed by atoms with Crippen LogP contribution in [0.15, 0.2) is 23.9 Å². The third kappa shape index (κ3) is 3.85. The second-order valence-corrected chi connectivity index (χ2v) is 4.64. The van der Waals surface area contributed by atoms with Gasteiger partial charge in [-0.05, 0) is 30.7 Å². The average Bonchev–Trinajstić information content (AvgIpc) is 2.70. The minimum absolute atomic E-state index is 0.0939. The molecule has 1 aromatic carbocycles. The van der Waals surface area contributed by atoms with E-state index in [9.17, 15) is 14.4 Å². The number of carbonyl (C=O) groups is 3. The maximum Gasteiger partial charge on any atom is 0.356 e. The molecule has 2 rings (SSSR count). The molecule has 1 heterocycles. The van der Waals surface area contributed by atoms with Gasteiger partial charge in [0.15, 0.2) is 17.7 Å². The van der Waals surface area contributed by atoms with Gasteiger partial charge in [0.1, 0.15) is 5.70 Å². The summed E-state index contributed by atoms with van der Waals surface area (Å²) in [6, 6.07) is 4.59. The lowest BCUT2D eigenvalue weighted by Gasteiger charge is -2.09. The van der Waals surface area contributed by atoms with Crippen LogP contribution in [-0.4, -0.2) is 24.1 Å². The number of carbonyl (C=O) groups excluding carboxylic acids is 3. The first-order valence-electron chi connectivity index (χ1n) is 6.55. The summed E-state index contributed by atoms with van der Waals surface area (Å²) >= 11 is 0. The van der Waals surface area contributed by atoms with E-state index in [1.54, 1.807) is 19.1 Å².